The number of hydrogen-bond acceptors (Lipinski definition) is 6. The van der Waals surface area contributed by atoms with Gasteiger partial charge in [-0.05, 0) is 51.5 Å². The number of hydrogen-bond donors (Lipinski definition) is 1. The number of hydroxylamine groups is 3. The molecule has 1 aromatic carbocycles. The number of carbonyl (C=O) groups excluding carboxylic acids is 1. The Morgan fingerprint density at radius 1 is 1.30 bits per heavy atom. The largest absolute Gasteiger partial charge is 0.633 e. The smallest absolute Gasteiger partial charge is 0.410 e. The average Bonchev–Trinajstić information content (AvgIpc) is 2.64. The molecule has 1 aromatic rings. The second kappa shape index (κ2) is 8.80. The predicted octanol–water partition coefficient (Wildman–Crippen LogP) is 2.50. The maximum atomic E-state index is 13.3. The van der Waals surface area contributed by atoms with E-state index in [1.165, 1.54) is 0 Å². The van der Waals surface area contributed by atoms with Crippen LogP contribution in [0.25, 0.3) is 0 Å². The van der Waals surface area contributed by atoms with Crippen LogP contribution in [0.4, 0.5) is 4.79 Å². The van der Waals surface area contributed by atoms with Crippen molar-refractivity contribution >= 4 is 6.09 Å². The molecule has 3 atom stereocenters. The van der Waals surface area contributed by atoms with E-state index in [0.717, 1.165) is 6.42 Å². The van der Waals surface area contributed by atoms with E-state index in [1.54, 1.807) is 29.2 Å². The van der Waals surface area contributed by atoms with Crippen LogP contribution in [0, 0.1) is 28.4 Å². The summed E-state index contributed by atoms with van der Waals surface area (Å²) >= 11 is 0. The van der Waals surface area contributed by atoms with Crippen LogP contribution in [0.2, 0.25) is 0 Å². The molecule has 0 radical (unpaired) electrons. The minimum atomic E-state index is -0.890. The monoisotopic (exact) mass is 417 g/mol. The second-order valence-electron chi connectivity index (χ2n) is 9.56. The highest BCUT2D eigenvalue weighted by Crippen LogP contribution is 2.33. The first-order valence-electron chi connectivity index (χ1n) is 10.4. The first-order chi connectivity index (χ1) is 14.0. The molecule has 3 rings (SSSR count). The number of quaternary nitrogens is 1. The van der Waals surface area contributed by atoms with Crippen molar-refractivity contribution in [3.8, 4) is 11.8 Å². The van der Waals surface area contributed by atoms with Crippen molar-refractivity contribution in [2.75, 3.05) is 39.3 Å². The summed E-state index contributed by atoms with van der Waals surface area (Å²) in [6, 6.07) is 8.67. The molecule has 2 saturated heterocycles. The van der Waals surface area contributed by atoms with E-state index in [4.69, 9.17) is 14.7 Å². The molecule has 2 aliphatic rings. The fourth-order valence-electron chi connectivity index (χ4n) is 4.48. The van der Waals surface area contributed by atoms with Gasteiger partial charge < -0.3 is 29.3 Å². The van der Waals surface area contributed by atoms with Crippen LogP contribution >= 0.6 is 0 Å². The van der Waals surface area contributed by atoms with Crippen LogP contribution in [0.15, 0.2) is 24.3 Å². The van der Waals surface area contributed by atoms with Gasteiger partial charge in [-0.15, -0.1) is 0 Å². The average molecular weight is 418 g/mol. The number of nitrogens with zero attached hydrogens (tertiary/aromatic N) is 3. The molecular formula is C22H31N3O5. The predicted molar refractivity (Wildman–Crippen MR) is 110 cm³/mol. The molecule has 2 aliphatic heterocycles. The number of likely N-dealkylation sites (tertiary alicyclic amines) is 2. The van der Waals surface area contributed by atoms with E-state index < -0.39 is 16.4 Å². The van der Waals surface area contributed by atoms with E-state index in [9.17, 15) is 15.1 Å². The third kappa shape index (κ3) is 6.08. The van der Waals surface area contributed by atoms with E-state index in [-0.39, 0.29) is 31.1 Å². The van der Waals surface area contributed by atoms with Crippen LogP contribution in [-0.4, -0.2) is 71.8 Å². The molecule has 0 aromatic heterocycles. The molecule has 0 spiro atoms. The molecule has 0 saturated carbocycles. The maximum absolute atomic E-state index is 13.3. The molecule has 30 heavy (non-hydrogen) atoms. The number of piperidine rings is 2. The summed E-state index contributed by atoms with van der Waals surface area (Å²) in [5.41, 5.74) is -0.00615. The summed E-state index contributed by atoms with van der Waals surface area (Å²) in [5.74, 6) is 0.761. The first-order valence-corrected chi connectivity index (χ1v) is 10.4. The number of aliphatic hydroxyl groups excluding tert-OH is 1. The fraction of sp³-hybridized carbons (Fsp3) is 0.636. The molecule has 3 unspecified atom stereocenters. The zero-order valence-corrected chi connectivity index (χ0v) is 17.9. The number of nitriles is 1. The lowest BCUT2D eigenvalue weighted by Crippen LogP contribution is -2.62. The Morgan fingerprint density at radius 3 is 2.43 bits per heavy atom. The minimum Gasteiger partial charge on any atom is -0.633 e. The van der Waals surface area contributed by atoms with Crippen LogP contribution in [-0.2, 0) is 4.74 Å². The Balaban J connectivity index is 1.50. The molecule has 0 aliphatic carbocycles. The van der Waals surface area contributed by atoms with Gasteiger partial charge in [0.25, 0.3) is 0 Å². The Kier molecular flexibility index (Phi) is 6.56. The van der Waals surface area contributed by atoms with Crippen molar-refractivity contribution in [3.63, 3.8) is 0 Å². The molecule has 1 amide bonds. The molecule has 2 bridgehead atoms. The quantitative estimate of drug-likeness (QED) is 0.583. The molecule has 164 valence electrons. The molecule has 8 heteroatoms. The fourth-order valence-corrected chi connectivity index (χ4v) is 4.48. The number of carbonyl (C=O) groups is 1. The van der Waals surface area contributed by atoms with Gasteiger partial charge in [0.15, 0.2) is 0 Å². The van der Waals surface area contributed by atoms with Gasteiger partial charge in [-0.2, -0.15) is 5.26 Å². The van der Waals surface area contributed by atoms with Crippen LogP contribution in [0.1, 0.15) is 32.8 Å². The Labute approximate surface area is 177 Å². The lowest BCUT2D eigenvalue weighted by Gasteiger charge is -2.54. The summed E-state index contributed by atoms with van der Waals surface area (Å²) in [6.07, 6.45) is -0.280. The van der Waals surface area contributed by atoms with Crippen LogP contribution in [0.3, 0.4) is 0 Å². The first kappa shape index (κ1) is 22.3. The highest BCUT2D eigenvalue weighted by Gasteiger charge is 2.42. The topological polar surface area (TPSA) is 106 Å². The van der Waals surface area contributed by atoms with E-state index in [2.05, 4.69) is 0 Å². The van der Waals surface area contributed by atoms with E-state index in [1.807, 2.05) is 26.8 Å². The van der Waals surface area contributed by atoms with Gasteiger partial charge in [-0.1, -0.05) is 0 Å². The number of benzene rings is 1. The molecule has 2 fully saturated rings. The molecule has 8 nitrogen and oxygen atoms in total. The zero-order chi connectivity index (χ0) is 21.9. The zero-order valence-electron chi connectivity index (χ0n) is 17.9. The van der Waals surface area contributed by atoms with Gasteiger partial charge >= 0.3 is 6.09 Å². The van der Waals surface area contributed by atoms with Crippen molar-refractivity contribution in [2.45, 2.75) is 38.9 Å². The Hall–Kier alpha value is -2.34. The van der Waals surface area contributed by atoms with Crippen molar-refractivity contribution in [1.29, 1.82) is 5.26 Å². The third-order valence-electron chi connectivity index (χ3n) is 5.43. The molecular weight excluding hydrogens is 386 g/mol. The number of rotatable bonds is 5. The van der Waals surface area contributed by atoms with E-state index in [0.29, 0.717) is 37.5 Å². The maximum Gasteiger partial charge on any atom is 0.410 e. The van der Waals surface area contributed by atoms with Gasteiger partial charge in [0.1, 0.15) is 30.6 Å². The summed E-state index contributed by atoms with van der Waals surface area (Å²) in [7, 11) is 0. The third-order valence-corrected chi connectivity index (χ3v) is 5.43. The number of aliphatic hydroxyl groups is 1. The molecule has 2 heterocycles. The summed E-state index contributed by atoms with van der Waals surface area (Å²) in [6.45, 7) is 7.41. The Bertz CT molecular complexity index is 769. The van der Waals surface area contributed by atoms with Gasteiger partial charge in [0.2, 0.25) is 0 Å². The van der Waals surface area contributed by atoms with Gasteiger partial charge in [-0.25, -0.2) is 4.79 Å². The Morgan fingerprint density at radius 2 is 1.90 bits per heavy atom. The minimum absolute atomic E-state index is 0.0213. The van der Waals surface area contributed by atoms with E-state index >= 15 is 0 Å². The van der Waals surface area contributed by atoms with Gasteiger partial charge in [0, 0.05) is 24.9 Å². The SMILES string of the molecule is CC(C)(C)OC(=O)N1CC2CC(C1)C[N+]([O-])(CC(O)COc1ccc(C#N)cc1)C2. The normalized spacial score (nSPS) is 27.1. The lowest BCUT2D eigenvalue weighted by atomic mass is 9.84. The number of amides is 1. The summed E-state index contributed by atoms with van der Waals surface area (Å²) < 4.78 is 10.6. The lowest BCUT2D eigenvalue weighted by molar-refractivity contribution is -0.896. The second-order valence-corrected chi connectivity index (χ2v) is 9.56. The number of ether oxygens (including phenoxy) is 2. The standard InChI is InChI=1S/C22H31N3O5/c1-22(2,3)30-21(27)24-10-17-8-18(11-24)13-25(28,12-17)14-19(26)15-29-20-6-4-16(9-23)5-7-20/h4-7,17-19,26H,8,10-15H2,1-3H3. The summed E-state index contributed by atoms with van der Waals surface area (Å²) in [5, 5.41) is 32.5. The van der Waals surface area contributed by atoms with Gasteiger partial charge in [-0.3, -0.25) is 0 Å². The highest BCUT2D eigenvalue weighted by molar-refractivity contribution is 5.68. The molecule has 1 N–H and O–H groups in total. The van der Waals surface area contributed by atoms with Crippen molar-refractivity contribution in [3.05, 3.63) is 35.0 Å². The van der Waals surface area contributed by atoms with Crippen LogP contribution in [0.5, 0.6) is 5.75 Å². The number of fused-ring (bicyclic) bond motifs is 2. The van der Waals surface area contributed by atoms with Gasteiger partial charge in [0.05, 0.1) is 24.7 Å². The van der Waals surface area contributed by atoms with Crippen molar-refractivity contribution < 1.29 is 24.0 Å². The van der Waals surface area contributed by atoms with Crippen molar-refractivity contribution in [1.82, 2.24) is 4.90 Å². The van der Waals surface area contributed by atoms with Crippen LogP contribution < -0.4 is 4.74 Å². The summed E-state index contributed by atoms with van der Waals surface area (Å²) in [4.78, 5) is 14.1. The highest BCUT2D eigenvalue weighted by atomic mass is 16.6. The van der Waals surface area contributed by atoms with Crippen molar-refractivity contribution in [2.24, 2.45) is 11.8 Å².